The molecule has 1 fully saturated rings. The standard InChI is InChI=1S/C27H24N4O3/c1-33-21-10-11-24-22(17-21)26(29-23-8-2-3-9-25(23)34-24)30-12-5-13-31(15-14-30)27(32)20-7-4-6-19(16-20)18-28/h2-4,6-11,16-17H,5,12-15H2,1H3. The third-order valence-electron chi connectivity index (χ3n) is 6.06. The van der Waals surface area contributed by atoms with Gasteiger partial charge in [0.2, 0.25) is 0 Å². The number of amides is 1. The topological polar surface area (TPSA) is 78.2 Å². The second kappa shape index (κ2) is 9.28. The number of fused-ring (bicyclic) bond motifs is 2. The van der Waals surface area contributed by atoms with Gasteiger partial charge in [0.1, 0.15) is 23.0 Å². The Hall–Kier alpha value is -4.31. The van der Waals surface area contributed by atoms with E-state index in [1.165, 1.54) is 0 Å². The van der Waals surface area contributed by atoms with Crippen LogP contribution in [0.4, 0.5) is 5.69 Å². The SMILES string of the molecule is COc1ccc2c(c1)C(N1CCCN(C(=O)c3cccc(C#N)c3)CC1)=Nc1ccccc1O2. The third kappa shape index (κ3) is 4.18. The normalized spacial score (nSPS) is 15.0. The van der Waals surface area contributed by atoms with Crippen molar-refractivity contribution in [1.82, 2.24) is 9.80 Å². The van der Waals surface area contributed by atoms with Crippen molar-refractivity contribution in [3.8, 4) is 23.3 Å². The van der Waals surface area contributed by atoms with Crippen molar-refractivity contribution >= 4 is 17.4 Å². The lowest BCUT2D eigenvalue weighted by atomic mass is 10.1. The molecule has 3 aromatic rings. The predicted molar refractivity (Wildman–Crippen MR) is 129 cm³/mol. The number of benzene rings is 3. The molecular formula is C27H24N4O3. The van der Waals surface area contributed by atoms with Gasteiger partial charge in [-0.2, -0.15) is 5.26 Å². The summed E-state index contributed by atoms with van der Waals surface area (Å²) in [6.07, 6.45) is 0.796. The minimum Gasteiger partial charge on any atom is -0.497 e. The van der Waals surface area contributed by atoms with Gasteiger partial charge in [-0.25, -0.2) is 4.99 Å². The number of rotatable bonds is 2. The van der Waals surface area contributed by atoms with Gasteiger partial charge in [0, 0.05) is 31.7 Å². The summed E-state index contributed by atoms with van der Waals surface area (Å²) in [7, 11) is 1.64. The maximum absolute atomic E-state index is 13.1. The summed E-state index contributed by atoms with van der Waals surface area (Å²) in [5.74, 6) is 2.89. The van der Waals surface area contributed by atoms with E-state index in [0.29, 0.717) is 36.5 Å². The van der Waals surface area contributed by atoms with Crippen LogP contribution >= 0.6 is 0 Å². The Bertz CT molecular complexity index is 1310. The Morgan fingerprint density at radius 3 is 2.74 bits per heavy atom. The number of methoxy groups -OCH3 is 1. The fourth-order valence-corrected chi connectivity index (χ4v) is 4.31. The molecule has 7 nitrogen and oxygen atoms in total. The Labute approximate surface area is 198 Å². The summed E-state index contributed by atoms with van der Waals surface area (Å²) in [4.78, 5) is 22.2. The fraction of sp³-hybridized carbons (Fsp3) is 0.222. The zero-order valence-electron chi connectivity index (χ0n) is 18.9. The molecule has 34 heavy (non-hydrogen) atoms. The van der Waals surface area contributed by atoms with Crippen LogP contribution in [0.3, 0.4) is 0 Å². The summed E-state index contributed by atoms with van der Waals surface area (Å²) in [6, 6.07) is 22.4. The van der Waals surface area contributed by atoms with Crippen LogP contribution in [0.5, 0.6) is 17.2 Å². The van der Waals surface area contributed by atoms with Crippen molar-refractivity contribution in [2.75, 3.05) is 33.3 Å². The highest BCUT2D eigenvalue weighted by Gasteiger charge is 2.27. The lowest BCUT2D eigenvalue weighted by Gasteiger charge is -2.25. The highest BCUT2D eigenvalue weighted by molar-refractivity contribution is 6.04. The minimum atomic E-state index is -0.0579. The highest BCUT2D eigenvalue weighted by Crippen LogP contribution is 2.39. The third-order valence-corrected chi connectivity index (χ3v) is 6.06. The van der Waals surface area contributed by atoms with Gasteiger partial charge in [0.15, 0.2) is 5.75 Å². The zero-order chi connectivity index (χ0) is 23.5. The lowest BCUT2D eigenvalue weighted by Crippen LogP contribution is -2.37. The zero-order valence-corrected chi connectivity index (χ0v) is 18.9. The van der Waals surface area contributed by atoms with Gasteiger partial charge in [0.25, 0.3) is 5.91 Å². The van der Waals surface area contributed by atoms with E-state index in [1.54, 1.807) is 31.4 Å². The van der Waals surface area contributed by atoms with E-state index < -0.39 is 0 Å². The van der Waals surface area contributed by atoms with E-state index >= 15 is 0 Å². The Balaban J connectivity index is 1.45. The molecule has 5 rings (SSSR count). The first kappa shape index (κ1) is 21.5. The Kier molecular flexibility index (Phi) is 5.88. The lowest BCUT2D eigenvalue weighted by molar-refractivity contribution is 0.0764. The molecule has 0 unspecified atom stereocenters. The van der Waals surface area contributed by atoms with Crippen LogP contribution in [0.2, 0.25) is 0 Å². The molecule has 170 valence electrons. The van der Waals surface area contributed by atoms with E-state index in [-0.39, 0.29) is 5.91 Å². The quantitative estimate of drug-likeness (QED) is 0.568. The molecule has 0 bridgehead atoms. The number of para-hydroxylation sites is 2. The summed E-state index contributed by atoms with van der Waals surface area (Å²) in [6.45, 7) is 2.56. The number of aliphatic imine (C=N–C) groups is 1. The maximum Gasteiger partial charge on any atom is 0.253 e. The van der Waals surface area contributed by atoms with E-state index in [0.717, 1.165) is 41.6 Å². The van der Waals surface area contributed by atoms with Crippen LogP contribution < -0.4 is 9.47 Å². The van der Waals surface area contributed by atoms with Gasteiger partial charge < -0.3 is 19.3 Å². The monoisotopic (exact) mass is 452 g/mol. The van der Waals surface area contributed by atoms with E-state index in [9.17, 15) is 10.1 Å². The van der Waals surface area contributed by atoms with Gasteiger partial charge in [-0.3, -0.25) is 4.79 Å². The van der Waals surface area contributed by atoms with Gasteiger partial charge in [-0.1, -0.05) is 18.2 Å². The average Bonchev–Trinajstić information content (AvgIpc) is 3.22. The number of amidine groups is 1. The predicted octanol–water partition coefficient (Wildman–Crippen LogP) is 4.60. The van der Waals surface area contributed by atoms with Crippen LogP contribution in [0.15, 0.2) is 71.7 Å². The van der Waals surface area contributed by atoms with Crippen molar-refractivity contribution in [1.29, 1.82) is 5.26 Å². The summed E-state index contributed by atoms with van der Waals surface area (Å²) >= 11 is 0. The smallest absolute Gasteiger partial charge is 0.253 e. The number of carbonyl (C=O) groups excluding carboxylic acids is 1. The maximum atomic E-state index is 13.1. The largest absolute Gasteiger partial charge is 0.497 e. The molecule has 2 aliphatic heterocycles. The molecule has 1 saturated heterocycles. The number of nitriles is 1. The molecule has 0 aliphatic carbocycles. The van der Waals surface area contributed by atoms with Gasteiger partial charge >= 0.3 is 0 Å². The summed E-state index contributed by atoms with van der Waals surface area (Å²) in [5, 5.41) is 9.17. The molecule has 7 heteroatoms. The highest BCUT2D eigenvalue weighted by atomic mass is 16.5. The molecule has 0 radical (unpaired) electrons. The van der Waals surface area contributed by atoms with Crippen LogP contribution in [0, 0.1) is 11.3 Å². The van der Waals surface area contributed by atoms with Crippen molar-refractivity contribution in [2.45, 2.75) is 6.42 Å². The molecule has 3 aromatic carbocycles. The fourth-order valence-electron chi connectivity index (χ4n) is 4.31. The first-order valence-corrected chi connectivity index (χ1v) is 11.2. The number of ether oxygens (including phenoxy) is 2. The first-order chi connectivity index (χ1) is 16.7. The van der Waals surface area contributed by atoms with E-state index in [4.69, 9.17) is 14.5 Å². The van der Waals surface area contributed by atoms with Gasteiger partial charge in [0.05, 0.1) is 24.3 Å². The Morgan fingerprint density at radius 2 is 1.88 bits per heavy atom. The number of hydrogen-bond acceptors (Lipinski definition) is 6. The molecule has 2 heterocycles. The second-order valence-corrected chi connectivity index (χ2v) is 8.19. The van der Waals surface area contributed by atoms with Crippen molar-refractivity contribution in [2.24, 2.45) is 4.99 Å². The molecule has 0 spiro atoms. The average molecular weight is 453 g/mol. The molecule has 0 N–H and O–H groups in total. The molecule has 0 saturated carbocycles. The number of nitrogens with zero attached hydrogens (tertiary/aromatic N) is 4. The molecule has 2 aliphatic rings. The summed E-state index contributed by atoms with van der Waals surface area (Å²) in [5.41, 5.74) is 2.64. The van der Waals surface area contributed by atoms with Crippen LogP contribution in [0.25, 0.3) is 0 Å². The molecule has 0 aromatic heterocycles. The van der Waals surface area contributed by atoms with Crippen LogP contribution in [-0.2, 0) is 0 Å². The molecule has 0 atom stereocenters. The van der Waals surface area contributed by atoms with Crippen molar-refractivity contribution in [3.63, 3.8) is 0 Å². The van der Waals surface area contributed by atoms with Crippen LogP contribution in [0.1, 0.15) is 27.9 Å². The second-order valence-electron chi connectivity index (χ2n) is 8.19. The first-order valence-electron chi connectivity index (χ1n) is 11.2. The number of carbonyl (C=O) groups is 1. The van der Waals surface area contributed by atoms with E-state index in [1.807, 2.05) is 47.4 Å². The van der Waals surface area contributed by atoms with E-state index in [2.05, 4.69) is 11.0 Å². The van der Waals surface area contributed by atoms with Gasteiger partial charge in [-0.15, -0.1) is 0 Å². The van der Waals surface area contributed by atoms with Crippen molar-refractivity contribution in [3.05, 3.63) is 83.4 Å². The Morgan fingerprint density at radius 1 is 1.00 bits per heavy atom. The van der Waals surface area contributed by atoms with Gasteiger partial charge in [-0.05, 0) is 55.0 Å². The minimum absolute atomic E-state index is 0.0579. The molecular weight excluding hydrogens is 428 g/mol. The van der Waals surface area contributed by atoms with Crippen LogP contribution in [-0.4, -0.2) is 54.8 Å². The molecule has 1 amide bonds. The number of hydrogen-bond donors (Lipinski definition) is 0. The summed E-state index contributed by atoms with van der Waals surface area (Å²) < 4.78 is 11.7. The van der Waals surface area contributed by atoms with Crippen molar-refractivity contribution < 1.29 is 14.3 Å².